The molecule has 86 valence electrons. The van der Waals surface area contributed by atoms with Crippen LogP contribution in [0.4, 0.5) is 0 Å². The van der Waals surface area contributed by atoms with Crippen LogP contribution in [0, 0.1) is 0 Å². The van der Waals surface area contributed by atoms with E-state index in [0.29, 0.717) is 10.8 Å². The summed E-state index contributed by atoms with van der Waals surface area (Å²) in [7, 11) is 0. The number of benzene rings is 2. The highest BCUT2D eigenvalue weighted by Gasteiger charge is 2.14. The monoisotopic (exact) mass is 230 g/mol. The number of phenolic OH excluding ortho intramolecular Hbond substituents is 2. The molecule has 4 heteroatoms. The van der Waals surface area contributed by atoms with Crippen LogP contribution in [0.5, 0.6) is 17.2 Å². The molecule has 0 spiro atoms. The highest BCUT2D eigenvalue weighted by atomic mass is 16.5. The van der Waals surface area contributed by atoms with Gasteiger partial charge in [0.15, 0.2) is 11.5 Å². The average molecular weight is 230 g/mol. The Kier molecular flexibility index (Phi) is 2.70. The second-order valence-corrected chi connectivity index (χ2v) is 3.41. The number of fused-ring (bicyclic) bond motifs is 1. The number of rotatable bonds is 2. The zero-order valence-electron chi connectivity index (χ0n) is 8.88. The molecule has 0 bridgehead atoms. The van der Waals surface area contributed by atoms with Crippen LogP contribution in [0.15, 0.2) is 43.0 Å². The summed E-state index contributed by atoms with van der Waals surface area (Å²) in [4.78, 5) is 11.1. The number of aromatic hydroxyl groups is 2. The second-order valence-electron chi connectivity index (χ2n) is 3.41. The maximum absolute atomic E-state index is 11.1. The average Bonchev–Trinajstić information content (AvgIpc) is 2.34. The molecule has 0 saturated carbocycles. The summed E-state index contributed by atoms with van der Waals surface area (Å²) in [5.74, 6) is -1.02. The van der Waals surface area contributed by atoms with Crippen molar-refractivity contribution in [2.75, 3.05) is 0 Å². The normalized spacial score (nSPS) is 10.1. The van der Waals surface area contributed by atoms with Crippen molar-refractivity contribution in [1.29, 1.82) is 0 Å². The fourth-order valence-corrected chi connectivity index (χ4v) is 1.56. The van der Waals surface area contributed by atoms with Gasteiger partial charge in [-0.2, -0.15) is 0 Å². The summed E-state index contributed by atoms with van der Waals surface area (Å²) < 4.78 is 4.94. The zero-order chi connectivity index (χ0) is 12.4. The van der Waals surface area contributed by atoms with Gasteiger partial charge in [-0.1, -0.05) is 30.8 Å². The number of hydrogen-bond donors (Lipinski definition) is 2. The minimum atomic E-state index is -0.670. The van der Waals surface area contributed by atoms with Gasteiger partial charge in [-0.05, 0) is 0 Å². The molecule has 0 heterocycles. The van der Waals surface area contributed by atoms with E-state index in [2.05, 4.69) is 6.58 Å². The van der Waals surface area contributed by atoms with Crippen molar-refractivity contribution in [3.05, 3.63) is 43.0 Å². The Morgan fingerprint density at radius 1 is 1.18 bits per heavy atom. The number of esters is 1. The van der Waals surface area contributed by atoms with E-state index in [-0.39, 0.29) is 17.2 Å². The molecular weight excluding hydrogens is 220 g/mol. The highest BCUT2D eigenvalue weighted by molar-refractivity contribution is 5.97. The quantitative estimate of drug-likeness (QED) is 0.472. The number of carbonyl (C=O) groups excluding carboxylic acids is 1. The van der Waals surface area contributed by atoms with E-state index in [1.807, 2.05) is 0 Å². The van der Waals surface area contributed by atoms with Crippen LogP contribution in [-0.4, -0.2) is 16.2 Å². The summed E-state index contributed by atoms with van der Waals surface area (Å²) in [6.07, 6.45) is 1.00. The molecule has 0 unspecified atom stereocenters. The van der Waals surface area contributed by atoms with Crippen molar-refractivity contribution in [2.24, 2.45) is 0 Å². The summed E-state index contributed by atoms with van der Waals surface area (Å²) in [5.41, 5.74) is 0. The number of phenols is 2. The summed E-state index contributed by atoms with van der Waals surface area (Å²) in [6.45, 7) is 3.28. The lowest BCUT2D eigenvalue weighted by Crippen LogP contribution is -2.03. The van der Waals surface area contributed by atoms with E-state index in [1.54, 1.807) is 24.3 Å². The maximum Gasteiger partial charge on any atom is 0.335 e. The van der Waals surface area contributed by atoms with Crippen molar-refractivity contribution in [2.45, 2.75) is 0 Å². The van der Waals surface area contributed by atoms with Gasteiger partial charge in [0.2, 0.25) is 0 Å². The van der Waals surface area contributed by atoms with Crippen LogP contribution in [0.1, 0.15) is 0 Å². The lowest BCUT2D eigenvalue weighted by molar-refractivity contribution is -0.128. The van der Waals surface area contributed by atoms with Gasteiger partial charge < -0.3 is 14.9 Å². The van der Waals surface area contributed by atoms with Gasteiger partial charge in [0.05, 0.1) is 0 Å². The Bertz CT molecular complexity index is 602. The molecule has 0 aliphatic rings. The van der Waals surface area contributed by atoms with Crippen LogP contribution < -0.4 is 4.74 Å². The van der Waals surface area contributed by atoms with E-state index in [4.69, 9.17) is 4.74 Å². The van der Waals surface area contributed by atoms with Crippen LogP contribution in [0.25, 0.3) is 10.8 Å². The van der Waals surface area contributed by atoms with E-state index >= 15 is 0 Å². The van der Waals surface area contributed by atoms with Gasteiger partial charge in [-0.3, -0.25) is 0 Å². The lowest BCUT2D eigenvalue weighted by atomic mass is 10.1. The first-order valence-electron chi connectivity index (χ1n) is 4.91. The molecule has 2 N–H and O–H groups in total. The third kappa shape index (κ3) is 1.92. The topological polar surface area (TPSA) is 66.8 Å². The van der Waals surface area contributed by atoms with Crippen LogP contribution in [0.2, 0.25) is 0 Å². The predicted octanol–water partition coefficient (Wildman–Crippen LogP) is 2.34. The largest absolute Gasteiger partial charge is 0.507 e. The molecule has 17 heavy (non-hydrogen) atoms. The summed E-state index contributed by atoms with van der Waals surface area (Å²) in [6, 6.07) is 7.88. The Morgan fingerprint density at radius 3 is 2.47 bits per heavy atom. The van der Waals surface area contributed by atoms with Gasteiger partial charge in [0.1, 0.15) is 5.75 Å². The molecular formula is C13H10O4. The fraction of sp³-hybridized carbons (Fsp3) is 0. The molecule has 0 aromatic heterocycles. The minimum absolute atomic E-state index is 0.0169. The van der Waals surface area contributed by atoms with Crippen molar-refractivity contribution in [3.8, 4) is 17.2 Å². The molecule has 0 radical (unpaired) electrons. The molecule has 0 aliphatic carbocycles. The standard InChI is InChI=1S/C13H10O4/c1-2-12(16)17-13-9-6-4-3-5-8(9)10(14)7-11(13)15/h2-7,14-15H,1H2. The SMILES string of the molecule is C=CC(=O)Oc1c(O)cc(O)c2ccccc12. The minimum Gasteiger partial charge on any atom is -0.507 e. The van der Waals surface area contributed by atoms with Gasteiger partial charge in [-0.15, -0.1) is 0 Å². The van der Waals surface area contributed by atoms with Crippen LogP contribution >= 0.6 is 0 Å². The molecule has 2 aromatic carbocycles. The van der Waals surface area contributed by atoms with Crippen LogP contribution in [-0.2, 0) is 4.79 Å². The molecule has 0 fully saturated rings. The van der Waals surface area contributed by atoms with Gasteiger partial charge in [0.25, 0.3) is 0 Å². The highest BCUT2D eigenvalue weighted by Crippen LogP contribution is 2.40. The van der Waals surface area contributed by atoms with E-state index in [0.717, 1.165) is 12.1 Å². The molecule has 0 aliphatic heterocycles. The Labute approximate surface area is 97.4 Å². The molecule has 2 rings (SSSR count). The van der Waals surface area contributed by atoms with Crippen molar-refractivity contribution in [1.82, 2.24) is 0 Å². The Morgan fingerprint density at radius 2 is 1.82 bits per heavy atom. The van der Waals surface area contributed by atoms with Crippen LogP contribution in [0.3, 0.4) is 0 Å². The first-order chi connectivity index (χ1) is 8.13. The lowest BCUT2D eigenvalue weighted by Gasteiger charge is -2.09. The van der Waals surface area contributed by atoms with Crippen molar-refractivity contribution in [3.63, 3.8) is 0 Å². The van der Waals surface area contributed by atoms with Gasteiger partial charge in [-0.25, -0.2) is 4.79 Å². The number of ether oxygens (including phenoxy) is 1. The first kappa shape index (κ1) is 11.0. The van der Waals surface area contributed by atoms with E-state index in [9.17, 15) is 15.0 Å². The third-order valence-electron chi connectivity index (χ3n) is 2.32. The molecule has 2 aromatic rings. The third-order valence-corrected chi connectivity index (χ3v) is 2.32. The Hall–Kier alpha value is -2.49. The summed E-state index contributed by atoms with van der Waals surface area (Å²) in [5, 5.41) is 20.3. The first-order valence-corrected chi connectivity index (χ1v) is 4.91. The number of carbonyl (C=O) groups is 1. The van der Waals surface area contributed by atoms with Gasteiger partial charge in [0, 0.05) is 22.9 Å². The smallest absolute Gasteiger partial charge is 0.335 e. The van der Waals surface area contributed by atoms with Crippen molar-refractivity contribution >= 4 is 16.7 Å². The number of hydrogen-bond acceptors (Lipinski definition) is 4. The Balaban J connectivity index is 2.69. The molecule has 0 amide bonds. The molecule has 0 saturated heterocycles. The van der Waals surface area contributed by atoms with Gasteiger partial charge >= 0.3 is 5.97 Å². The zero-order valence-corrected chi connectivity index (χ0v) is 8.88. The fourth-order valence-electron chi connectivity index (χ4n) is 1.56. The van der Waals surface area contributed by atoms with Crippen molar-refractivity contribution < 1.29 is 19.7 Å². The predicted molar refractivity (Wildman–Crippen MR) is 63.1 cm³/mol. The second kappa shape index (κ2) is 4.17. The maximum atomic E-state index is 11.1. The summed E-state index contributed by atoms with van der Waals surface area (Å²) >= 11 is 0. The van der Waals surface area contributed by atoms with E-state index < -0.39 is 5.97 Å². The molecule has 4 nitrogen and oxygen atoms in total. The molecule has 0 atom stereocenters. The van der Waals surface area contributed by atoms with E-state index in [1.165, 1.54) is 0 Å².